The average Bonchev–Trinajstić information content (AvgIpc) is 2.54. The van der Waals surface area contributed by atoms with E-state index in [2.05, 4.69) is 10.6 Å². The summed E-state index contributed by atoms with van der Waals surface area (Å²) in [5, 5.41) is 4.84. The van der Waals surface area contributed by atoms with Crippen molar-refractivity contribution in [2.75, 3.05) is 27.8 Å². The molecule has 0 saturated carbocycles. The summed E-state index contributed by atoms with van der Waals surface area (Å²) in [6, 6.07) is 4.57. The molecule has 0 bridgehead atoms. The molecule has 0 aromatic heterocycles. The molecular formula is C16H25N3O4. The maximum atomic E-state index is 12.0. The van der Waals surface area contributed by atoms with Crippen molar-refractivity contribution in [2.45, 2.75) is 26.4 Å². The van der Waals surface area contributed by atoms with Crippen LogP contribution < -0.4 is 20.1 Å². The number of benzene rings is 1. The Balaban J connectivity index is 2.72. The van der Waals surface area contributed by atoms with E-state index in [1.165, 1.54) is 0 Å². The first-order valence-electron chi connectivity index (χ1n) is 7.42. The number of ether oxygens (including phenoxy) is 2. The van der Waals surface area contributed by atoms with E-state index >= 15 is 0 Å². The van der Waals surface area contributed by atoms with E-state index in [-0.39, 0.29) is 5.91 Å². The van der Waals surface area contributed by atoms with Crippen molar-refractivity contribution in [1.29, 1.82) is 0 Å². The van der Waals surface area contributed by atoms with Gasteiger partial charge in [-0.05, 0) is 27.0 Å². The van der Waals surface area contributed by atoms with Crippen LogP contribution in [0.15, 0.2) is 18.2 Å². The van der Waals surface area contributed by atoms with Crippen LogP contribution in [0, 0.1) is 0 Å². The van der Waals surface area contributed by atoms with Gasteiger partial charge in [0.2, 0.25) is 5.91 Å². The first kappa shape index (κ1) is 18.8. The second-order valence-electron chi connectivity index (χ2n) is 5.12. The molecule has 0 aliphatic rings. The fraction of sp³-hybridized carbons (Fsp3) is 0.500. The summed E-state index contributed by atoms with van der Waals surface area (Å²) in [7, 11) is 4.99. The quantitative estimate of drug-likeness (QED) is 0.792. The van der Waals surface area contributed by atoms with Crippen LogP contribution in [0.5, 0.6) is 11.5 Å². The molecule has 7 nitrogen and oxygen atoms in total. The number of amides is 3. The Morgan fingerprint density at radius 3 is 2.52 bits per heavy atom. The Hall–Kier alpha value is -2.28. The predicted octanol–water partition coefficient (Wildman–Crippen LogP) is 1.37. The molecule has 3 amide bonds. The summed E-state index contributed by atoms with van der Waals surface area (Å²) < 4.78 is 10.5. The Labute approximate surface area is 136 Å². The number of likely N-dealkylation sites (N-methyl/N-ethyl adjacent to an activating group) is 1. The first-order chi connectivity index (χ1) is 10.9. The highest BCUT2D eigenvalue weighted by Gasteiger charge is 2.21. The molecule has 0 aliphatic carbocycles. The van der Waals surface area contributed by atoms with E-state index in [4.69, 9.17) is 9.47 Å². The van der Waals surface area contributed by atoms with Crippen LogP contribution in [0.25, 0.3) is 0 Å². The van der Waals surface area contributed by atoms with Crippen molar-refractivity contribution in [3.05, 3.63) is 23.8 Å². The van der Waals surface area contributed by atoms with Gasteiger partial charge >= 0.3 is 6.03 Å². The summed E-state index contributed by atoms with van der Waals surface area (Å²) in [6.45, 7) is 4.49. The van der Waals surface area contributed by atoms with Crippen LogP contribution in [0.3, 0.4) is 0 Å². The van der Waals surface area contributed by atoms with Crippen LogP contribution in [-0.2, 0) is 11.3 Å². The molecule has 2 N–H and O–H groups in total. The third-order valence-corrected chi connectivity index (χ3v) is 3.53. The zero-order chi connectivity index (χ0) is 17.4. The van der Waals surface area contributed by atoms with Gasteiger partial charge < -0.3 is 14.8 Å². The van der Waals surface area contributed by atoms with Crippen molar-refractivity contribution in [3.8, 4) is 11.5 Å². The summed E-state index contributed by atoms with van der Waals surface area (Å²) >= 11 is 0. The molecule has 0 unspecified atom stereocenters. The van der Waals surface area contributed by atoms with Gasteiger partial charge in [-0.25, -0.2) is 4.79 Å². The fourth-order valence-corrected chi connectivity index (χ4v) is 2.01. The van der Waals surface area contributed by atoms with Gasteiger partial charge in [-0.2, -0.15) is 0 Å². The molecule has 128 valence electrons. The number of hydrogen-bond acceptors (Lipinski definition) is 5. The van der Waals surface area contributed by atoms with Gasteiger partial charge in [-0.3, -0.25) is 15.0 Å². The molecule has 23 heavy (non-hydrogen) atoms. The van der Waals surface area contributed by atoms with Crippen molar-refractivity contribution < 1.29 is 19.1 Å². The third-order valence-electron chi connectivity index (χ3n) is 3.53. The van der Waals surface area contributed by atoms with Gasteiger partial charge in [0.1, 0.15) is 11.5 Å². The summed E-state index contributed by atoms with van der Waals surface area (Å²) in [4.78, 5) is 25.3. The Kier molecular flexibility index (Phi) is 7.34. The number of urea groups is 1. The van der Waals surface area contributed by atoms with Crippen LogP contribution in [-0.4, -0.2) is 50.7 Å². The number of carbonyl (C=O) groups is 2. The largest absolute Gasteiger partial charge is 0.497 e. The summed E-state index contributed by atoms with van der Waals surface area (Å²) in [5.74, 6) is 1.04. The average molecular weight is 323 g/mol. The number of carbonyl (C=O) groups excluding carboxylic acids is 2. The number of imide groups is 1. The monoisotopic (exact) mass is 323 g/mol. The first-order valence-corrected chi connectivity index (χ1v) is 7.42. The van der Waals surface area contributed by atoms with Crippen LogP contribution in [0.1, 0.15) is 19.4 Å². The minimum atomic E-state index is -0.486. The molecule has 0 fully saturated rings. The maximum Gasteiger partial charge on any atom is 0.321 e. The zero-order valence-electron chi connectivity index (χ0n) is 14.3. The smallest absolute Gasteiger partial charge is 0.321 e. The van der Waals surface area contributed by atoms with E-state index in [9.17, 15) is 9.59 Å². The molecule has 0 heterocycles. The highest BCUT2D eigenvalue weighted by Crippen LogP contribution is 2.25. The van der Waals surface area contributed by atoms with E-state index in [1.807, 2.05) is 24.1 Å². The molecular weight excluding hydrogens is 298 g/mol. The number of nitrogens with zero attached hydrogens (tertiary/aromatic N) is 1. The van der Waals surface area contributed by atoms with Gasteiger partial charge in [-0.1, -0.05) is 6.07 Å². The lowest BCUT2D eigenvalue weighted by atomic mass is 10.1. The Bertz CT molecular complexity index is 548. The SMILES string of the molecule is CCNC(=O)NC(=O)[C@H](C)N(C)Cc1ccc(OC)cc1OC. The topological polar surface area (TPSA) is 79.9 Å². The third kappa shape index (κ3) is 5.45. The Morgan fingerprint density at radius 2 is 1.96 bits per heavy atom. The Morgan fingerprint density at radius 1 is 1.26 bits per heavy atom. The highest BCUT2D eigenvalue weighted by molar-refractivity contribution is 5.96. The lowest BCUT2D eigenvalue weighted by molar-refractivity contribution is -0.124. The van der Waals surface area contributed by atoms with Gasteiger partial charge in [0.05, 0.1) is 20.3 Å². The van der Waals surface area contributed by atoms with Crippen LogP contribution in [0.2, 0.25) is 0 Å². The second kappa shape index (κ2) is 8.99. The molecule has 0 saturated heterocycles. The van der Waals surface area contributed by atoms with Crippen molar-refractivity contribution >= 4 is 11.9 Å². The van der Waals surface area contributed by atoms with E-state index in [0.717, 1.165) is 5.56 Å². The van der Waals surface area contributed by atoms with Crippen LogP contribution in [0.4, 0.5) is 4.79 Å². The highest BCUT2D eigenvalue weighted by atomic mass is 16.5. The number of hydrogen-bond donors (Lipinski definition) is 2. The molecule has 0 aliphatic heterocycles. The van der Waals surface area contributed by atoms with Gasteiger partial charge in [0.15, 0.2) is 0 Å². The lowest BCUT2D eigenvalue weighted by Crippen LogP contribution is -2.48. The van der Waals surface area contributed by atoms with Crippen molar-refractivity contribution in [1.82, 2.24) is 15.5 Å². The fourth-order valence-electron chi connectivity index (χ4n) is 2.01. The van der Waals surface area contributed by atoms with E-state index in [1.54, 1.807) is 34.1 Å². The van der Waals surface area contributed by atoms with Crippen molar-refractivity contribution in [2.24, 2.45) is 0 Å². The van der Waals surface area contributed by atoms with Crippen LogP contribution >= 0.6 is 0 Å². The number of methoxy groups -OCH3 is 2. The van der Waals surface area contributed by atoms with Gasteiger partial charge in [-0.15, -0.1) is 0 Å². The molecule has 0 radical (unpaired) electrons. The van der Waals surface area contributed by atoms with Gasteiger partial charge in [0, 0.05) is 24.7 Å². The molecule has 1 atom stereocenters. The molecule has 7 heteroatoms. The molecule has 0 spiro atoms. The number of rotatable bonds is 7. The normalized spacial score (nSPS) is 11.7. The van der Waals surface area contributed by atoms with E-state index in [0.29, 0.717) is 24.6 Å². The summed E-state index contributed by atoms with van der Waals surface area (Å²) in [6.07, 6.45) is 0. The number of nitrogens with one attached hydrogen (secondary N) is 2. The summed E-state index contributed by atoms with van der Waals surface area (Å²) in [5.41, 5.74) is 0.924. The molecule has 1 aromatic rings. The molecule has 1 aromatic carbocycles. The minimum Gasteiger partial charge on any atom is -0.497 e. The van der Waals surface area contributed by atoms with E-state index < -0.39 is 12.1 Å². The zero-order valence-corrected chi connectivity index (χ0v) is 14.3. The molecule has 1 rings (SSSR count). The standard InChI is InChI=1S/C16H25N3O4/c1-6-17-16(21)18-15(20)11(2)19(3)10-12-7-8-13(22-4)9-14(12)23-5/h7-9,11H,6,10H2,1-5H3,(H2,17,18,20,21)/t11-/m0/s1. The minimum absolute atomic E-state index is 0.356. The van der Waals surface area contributed by atoms with Crippen molar-refractivity contribution in [3.63, 3.8) is 0 Å². The lowest BCUT2D eigenvalue weighted by Gasteiger charge is -2.24. The van der Waals surface area contributed by atoms with Gasteiger partial charge in [0.25, 0.3) is 0 Å². The maximum absolute atomic E-state index is 12.0. The predicted molar refractivity (Wildman–Crippen MR) is 87.7 cm³/mol. The second-order valence-corrected chi connectivity index (χ2v) is 5.12.